The molecule has 3 aromatic rings. The predicted molar refractivity (Wildman–Crippen MR) is 79.2 cm³/mol. The van der Waals surface area contributed by atoms with E-state index in [1.807, 2.05) is 59.3 Å². The molecule has 0 spiro atoms. The number of fused-ring (bicyclic) bond motifs is 1. The van der Waals surface area contributed by atoms with Gasteiger partial charge in [-0.25, -0.2) is 4.68 Å². The first-order chi connectivity index (χ1) is 9.68. The molecule has 0 bridgehead atoms. The molecular formula is C16H16N2O2. The SMILES string of the molecule is CC(O)Cn1c(=O)c2ccccc2n1-c1ccccc1. The fourth-order valence-electron chi connectivity index (χ4n) is 2.46. The quantitative estimate of drug-likeness (QED) is 0.791. The molecule has 4 heteroatoms. The molecule has 0 aliphatic carbocycles. The summed E-state index contributed by atoms with van der Waals surface area (Å²) in [6.07, 6.45) is -0.584. The van der Waals surface area contributed by atoms with Crippen molar-refractivity contribution in [3.05, 3.63) is 65.0 Å². The number of benzene rings is 2. The Bertz CT molecular complexity index is 785. The Balaban J connectivity index is 2.36. The fraction of sp³-hybridized carbons (Fsp3) is 0.188. The average Bonchev–Trinajstić information content (AvgIpc) is 2.73. The maximum atomic E-state index is 12.5. The molecule has 2 aromatic carbocycles. The molecule has 1 N–H and O–H groups in total. The van der Waals surface area contributed by atoms with E-state index in [0.29, 0.717) is 5.39 Å². The molecule has 0 saturated heterocycles. The van der Waals surface area contributed by atoms with Gasteiger partial charge in [-0.1, -0.05) is 30.3 Å². The summed E-state index contributed by atoms with van der Waals surface area (Å²) in [7, 11) is 0. The Kier molecular flexibility index (Phi) is 3.16. The number of nitrogens with zero attached hydrogens (tertiary/aromatic N) is 2. The topological polar surface area (TPSA) is 47.2 Å². The monoisotopic (exact) mass is 268 g/mol. The number of para-hydroxylation sites is 2. The van der Waals surface area contributed by atoms with Crippen LogP contribution in [0.1, 0.15) is 6.92 Å². The van der Waals surface area contributed by atoms with Crippen LogP contribution in [0.15, 0.2) is 59.4 Å². The van der Waals surface area contributed by atoms with E-state index >= 15 is 0 Å². The van der Waals surface area contributed by atoms with Gasteiger partial charge in [0.2, 0.25) is 0 Å². The summed E-state index contributed by atoms with van der Waals surface area (Å²) in [4.78, 5) is 12.5. The van der Waals surface area contributed by atoms with Gasteiger partial charge in [-0.3, -0.25) is 9.48 Å². The van der Waals surface area contributed by atoms with Gasteiger partial charge in [-0.2, -0.15) is 0 Å². The van der Waals surface area contributed by atoms with E-state index in [4.69, 9.17) is 0 Å². The smallest absolute Gasteiger partial charge is 0.274 e. The highest BCUT2D eigenvalue weighted by Gasteiger charge is 2.14. The van der Waals surface area contributed by atoms with Crippen molar-refractivity contribution in [3.63, 3.8) is 0 Å². The largest absolute Gasteiger partial charge is 0.391 e. The maximum absolute atomic E-state index is 12.5. The number of aromatic nitrogens is 2. The Morgan fingerprint density at radius 3 is 2.40 bits per heavy atom. The molecule has 4 nitrogen and oxygen atoms in total. The normalized spacial score (nSPS) is 12.7. The van der Waals surface area contributed by atoms with E-state index in [2.05, 4.69) is 0 Å². The number of aliphatic hydroxyl groups is 1. The Labute approximate surface area is 116 Å². The highest BCUT2D eigenvalue weighted by Crippen LogP contribution is 2.17. The van der Waals surface area contributed by atoms with E-state index < -0.39 is 6.10 Å². The van der Waals surface area contributed by atoms with Crippen molar-refractivity contribution in [2.75, 3.05) is 0 Å². The molecule has 20 heavy (non-hydrogen) atoms. The van der Waals surface area contributed by atoms with Gasteiger partial charge in [-0.15, -0.1) is 0 Å². The van der Waals surface area contributed by atoms with Gasteiger partial charge in [0.25, 0.3) is 5.56 Å². The average molecular weight is 268 g/mol. The maximum Gasteiger partial charge on any atom is 0.274 e. The standard InChI is InChI=1S/C16H16N2O2/c1-12(19)11-17-16(20)14-9-5-6-10-15(14)18(17)13-7-3-2-4-8-13/h2-10,12,19H,11H2,1H3. The van der Waals surface area contributed by atoms with Gasteiger partial charge < -0.3 is 5.11 Å². The third-order valence-corrected chi connectivity index (χ3v) is 3.28. The summed E-state index contributed by atoms with van der Waals surface area (Å²) in [5, 5.41) is 10.3. The first-order valence-corrected chi connectivity index (χ1v) is 6.62. The molecule has 102 valence electrons. The summed E-state index contributed by atoms with van der Waals surface area (Å²) in [5.74, 6) is 0. The number of aliphatic hydroxyl groups excluding tert-OH is 1. The van der Waals surface area contributed by atoms with Gasteiger partial charge in [0.1, 0.15) is 0 Å². The van der Waals surface area contributed by atoms with Gasteiger partial charge in [0, 0.05) is 0 Å². The molecule has 1 heterocycles. The molecule has 0 amide bonds. The molecule has 0 saturated carbocycles. The van der Waals surface area contributed by atoms with Crippen molar-refractivity contribution in [3.8, 4) is 5.69 Å². The second-order valence-corrected chi connectivity index (χ2v) is 4.90. The van der Waals surface area contributed by atoms with Crippen LogP contribution >= 0.6 is 0 Å². The van der Waals surface area contributed by atoms with Crippen LogP contribution < -0.4 is 5.56 Å². The Hall–Kier alpha value is -2.33. The van der Waals surface area contributed by atoms with Gasteiger partial charge in [0.05, 0.1) is 29.2 Å². The Morgan fingerprint density at radius 2 is 1.70 bits per heavy atom. The molecule has 1 aromatic heterocycles. The van der Waals surface area contributed by atoms with Crippen LogP contribution in [0, 0.1) is 0 Å². The lowest BCUT2D eigenvalue weighted by atomic mass is 10.2. The van der Waals surface area contributed by atoms with E-state index in [9.17, 15) is 9.90 Å². The third-order valence-electron chi connectivity index (χ3n) is 3.28. The van der Waals surface area contributed by atoms with Gasteiger partial charge >= 0.3 is 0 Å². The van der Waals surface area contributed by atoms with Crippen LogP contribution in [0.4, 0.5) is 0 Å². The summed E-state index contributed by atoms with van der Waals surface area (Å²) >= 11 is 0. The summed E-state index contributed by atoms with van der Waals surface area (Å²) in [5.41, 5.74) is 1.68. The van der Waals surface area contributed by atoms with Crippen molar-refractivity contribution < 1.29 is 5.11 Å². The summed E-state index contributed by atoms with van der Waals surface area (Å²) in [6.45, 7) is 1.95. The van der Waals surface area contributed by atoms with E-state index in [1.165, 1.54) is 0 Å². The fourth-order valence-corrected chi connectivity index (χ4v) is 2.46. The van der Waals surface area contributed by atoms with Crippen molar-refractivity contribution in [2.24, 2.45) is 0 Å². The van der Waals surface area contributed by atoms with Gasteiger partial charge in [0.15, 0.2) is 0 Å². The van der Waals surface area contributed by atoms with Crippen LogP contribution in [0.2, 0.25) is 0 Å². The van der Waals surface area contributed by atoms with Crippen molar-refractivity contribution in [1.82, 2.24) is 9.36 Å². The molecule has 0 aliphatic heterocycles. The first kappa shape index (κ1) is 12.7. The molecule has 1 unspecified atom stereocenters. The zero-order valence-electron chi connectivity index (χ0n) is 11.2. The predicted octanol–water partition coefficient (Wildman–Crippen LogP) is 2.17. The summed E-state index contributed by atoms with van der Waals surface area (Å²) in [6, 6.07) is 17.2. The highest BCUT2D eigenvalue weighted by atomic mass is 16.3. The van der Waals surface area contributed by atoms with E-state index in [1.54, 1.807) is 11.6 Å². The van der Waals surface area contributed by atoms with Crippen molar-refractivity contribution in [2.45, 2.75) is 19.6 Å². The highest BCUT2D eigenvalue weighted by molar-refractivity contribution is 5.80. The minimum absolute atomic E-state index is 0.0784. The summed E-state index contributed by atoms with van der Waals surface area (Å²) < 4.78 is 3.45. The van der Waals surface area contributed by atoms with Crippen molar-refractivity contribution in [1.29, 1.82) is 0 Å². The first-order valence-electron chi connectivity index (χ1n) is 6.62. The van der Waals surface area contributed by atoms with E-state index in [0.717, 1.165) is 11.2 Å². The van der Waals surface area contributed by atoms with Crippen LogP contribution in [-0.4, -0.2) is 20.6 Å². The van der Waals surface area contributed by atoms with E-state index in [-0.39, 0.29) is 12.1 Å². The zero-order chi connectivity index (χ0) is 14.1. The second kappa shape index (κ2) is 4.98. The number of hydrogen-bond donors (Lipinski definition) is 1. The third kappa shape index (κ3) is 2.04. The van der Waals surface area contributed by atoms with Gasteiger partial charge in [-0.05, 0) is 31.2 Å². The minimum atomic E-state index is -0.584. The lowest BCUT2D eigenvalue weighted by Gasteiger charge is -2.14. The molecule has 0 fully saturated rings. The van der Waals surface area contributed by atoms with Crippen LogP contribution in [0.25, 0.3) is 16.6 Å². The lowest BCUT2D eigenvalue weighted by molar-refractivity contribution is 0.164. The van der Waals surface area contributed by atoms with Crippen molar-refractivity contribution >= 4 is 10.9 Å². The number of rotatable bonds is 3. The molecule has 3 rings (SSSR count). The Morgan fingerprint density at radius 1 is 1.05 bits per heavy atom. The zero-order valence-corrected chi connectivity index (χ0v) is 11.2. The number of hydrogen-bond acceptors (Lipinski definition) is 2. The van der Waals surface area contributed by atoms with Crippen LogP contribution in [0.3, 0.4) is 0 Å². The minimum Gasteiger partial charge on any atom is -0.391 e. The van der Waals surface area contributed by atoms with Crippen LogP contribution in [-0.2, 0) is 6.54 Å². The molecule has 1 atom stereocenters. The van der Waals surface area contributed by atoms with Crippen LogP contribution in [0.5, 0.6) is 0 Å². The second-order valence-electron chi connectivity index (χ2n) is 4.90. The molecular weight excluding hydrogens is 252 g/mol. The molecule has 0 radical (unpaired) electrons. The lowest BCUT2D eigenvalue weighted by Crippen LogP contribution is -2.27. The molecule has 0 aliphatic rings.